The fourth-order valence-electron chi connectivity index (χ4n) is 0.626. The maximum absolute atomic E-state index is 3.39. The summed E-state index contributed by atoms with van der Waals surface area (Å²) in [7, 11) is 1.15. The Morgan fingerprint density at radius 2 is 2.11 bits per heavy atom. The number of hydrogen-bond acceptors (Lipinski definition) is 1. The van der Waals surface area contributed by atoms with Crippen molar-refractivity contribution >= 4 is 8.58 Å². The van der Waals surface area contributed by atoms with E-state index in [1.165, 1.54) is 18.9 Å². The van der Waals surface area contributed by atoms with Crippen LogP contribution in [0.15, 0.2) is 0 Å². The van der Waals surface area contributed by atoms with Crippen molar-refractivity contribution < 1.29 is 0 Å². The van der Waals surface area contributed by atoms with Gasteiger partial charge in [-0.25, -0.2) is 0 Å². The van der Waals surface area contributed by atoms with Crippen LogP contribution in [0.4, 0.5) is 0 Å². The van der Waals surface area contributed by atoms with Gasteiger partial charge in [-0.3, -0.25) is 0 Å². The Kier molecular flexibility index (Phi) is 6.79. The maximum Gasteiger partial charge on any atom is 0.00105 e. The van der Waals surface area contributed by atoms with E-state index in [4.69, 9.17) is 0 Å². The SMILES string of the molecule is CCPCCNC(C)C. The molecule has 0 aromatic rings. The lowest BCUT2D eigenvalue weighted by Crippen LogP contribution is -2.24. The normalized spacial score (nSPS) is 12.0. The topological polar surface area (TPSA) is 12.0 Å². The molecule has 0 saturated carbocycles. The summed E-state index contributed by atoms with van der Waals surface area (Å²) in [6.45, 7) is 7.82. The molecule has 1 unspecified atom stereocenters. The molecule has 1 nitrogen and oxygen atoms in total. The van der Waals surface area contributed by atoms with Crippen LogP contribution in [0.3, 0.4) is 0 Å². The molecule has 0 rings (SSSR count). The Labute approximate surface area is 60.4 Å². The highest BCUT2D eigenvalue weighted by Gasteiger charge is 1.88. The van der Waals surface area contributed by atoms with Gasteiger partial charge in [-0.2, -0.15) is 0 Å². The van der Waals surface area contributed by atoms with Gasteiger partial charge < -0.3 is 5.32 Å². The molecule has 1 atom stereocenters. The minimum atomic E-state index is 0.659. The molecule has 0 fully saturated rings. The third kappa shape index (κ3) is 8.39. The molecule has 1 N–H and O–H groups in total. The highest BCUT2D eigenvalue weighted by atomic mass is 31.1. The van der Waals surface area contributed by atoms with Crippen molar-refractivity contribution in [1.82, 2.24) is 5.32 Å². The van der Waals surface area contributed by atoms with E-state index in [0.29, 0.717) is 6.04 Å². The molecule has 0 aromatic heterocycles. The molecule has 0 saturated heterocycles. The maximum atomic E-state index is 3.39. The van der Waals surface area contributed by atoms with Crippen LogP contribution in [-0.4, -0.2) is 24.9 Å². The number of rotatable bonds is 5. The second kappa shape index (κ2) is 6.51. The summed E-state index contributed by atoms with van der Waals surface area (Å²) in [5.74, 6) is 0. The number of nitrogens with one attached hydrogen (secondary N) is 1. The van der Waals surface area contributed by atoms with Crippen molar-refractivity contribution in [3.63, 3.8) is 0 Å². The second-order valence-electron chi connectivity index (χ2n) is 2.46. The first-order valence-electron chi connectivity index (χ1n) is 3.71. The lowest BCUT2D eigenvalue weighted by molar-refractivity contribution is 0.615. The Bertz CT molecular complexity index is 54.9. The van der Waals surface area contributed by atoms with E-state index >= 15 is 0 Å². The van der Waals surface area contributed by atoms with Crippen LogP contribution < -0.4 is 5.32 Å². The average molecular weight is 147 g/mol. The number of hydrogen-bond donors (Lipinski definition) is 1. The second-order valence-corrected chi connectivity index (χ2v) is 4.17. The van der Waals surface area contributed by atoms with Gasteiger partial charge in [0.1, 0.15) is 0 Å². The van der Waals surface area contributed by atoms with E-state index in [1.807, 2.05) is 0 Å². The van der Waals surface area contributed by atoms with Crippen LogP contribution in [-0.2, 0) is 0 Å². The molecule has 2 heteroatoms. The summed E-state index contributed by atoms with van der Waals surface area (Å²) in [5.41, 5.74) is 0. The Morgan fingerprint density at radius 3 is 2.56 bits per heavy atom. The first-order valence-corrected chi connectivity index (χ1v) is 5.13. The summed E-state index contributed by atoms with van der Waals surface area (Å²) in [6.07, 6.45) is 2.70. The first-order chi connectivity index (χ1) is 4.27. The standard InChI is InChI=1S/C7H18NP/c1-4-9-6-5-8-7(2)3/h7-9H,4-6H2,1-3H3. The molecule has 0 bridgehead atoms. The highest BCUT2D eigenvalue weighted by molar-refractivity contribution is 7.37. The van der Waals surface area contributed by atoms with Crippen LogP contribution in [0.2, 0.25) is 0 Å². The van der Waals surface area contributed by atoms with Gasteiger partial charge in [0.05, 0.1) is 0 Å². The van der Waals surface area contributed by atoms with E-state index in [1.54, 1.807) is 0 Å². The van der Waals surface area contributed by atoms with Crippen LogP contribution >= 0.6 is 8.58 Å². The molecule has 56 valence electrons. The van der Waals surface area contributed by atoms with E-state index in [0.717, 1.165) is 8.58 Å². The van der Waals surface area contributed by atoms with Crippen molar-refractivity contribution in [2.45, 2.75) is 26.8 Å². The van der Waals surface area contributed by atoms with Crippen molar-refractivity contribution in [3.05, 3.63) is 0 Å². The molecule has 0 amide bonds. The molecule has 9 heavy (non-hydrogen) atoms. The highest BCUT2D eigenvalue weighted by Crippen LogP contribution is 2.05. The summed E-state index contributed by atoms with van der Waals surface area (Å²) in [5, 5.41) is 3.39. The van der Waals surface area contributed by atoms with E-state index in [2.05, 4.69) is 26.1 Å². The predicted molar refractivity (Wildman–Crippen MR) is 46.9 cm³/mol. The smallest absolute Gasteiger partial charge is 0.00105 e. The van der Waals surface area contributed by atoms with Gasteiger partial charge in [0, 0.05) is 6.04 Å². The lowest BCUT2D eigenvalue weighted by atomic mass is 10.4. The summed E-state index contributed by atoms with van der Waals surface area (Å²) < 4.78 is 0. The van der Waals surface area contributed by atoms with E-state index < -0.39 is 0 Å². The third-order valence-electron chi connectivity index (χ3n) is 1.10. The minimum absolute atomic E-state index is 0.659. The molecule has 0 aromatic carbocycles. The van der Waals surface area contributed by atoms with Crippen LogP contribution in [0.25, 0.3) is 0 Å². The van der Waals surface area contributed by atoms with E-state index in [9.17, 15) is 0 Å². The van der Waals surface area contributed by atoms with Crippen LogP contribution in [0.5, 0.6) is 0 Å². The molecular formula is C7H18NP. The zero-order valence-corrected chi connectivity index (χ0v) is 7.70. The van der Waals surface area contributed by atoms with Gasteiger partial charge in [0.2, 0.25) is 0 Å². The Balaban J connectivity index is 2.75. The monoisotopic (exact) mass is 147 g/mol. The Morgan fingerprint density at radius 1 is 1.44 bits per heavy atom. The lowest BCUT2D eigenvalue weighted by Gasteiger charge is -2.05. The third-order valence-corrected chi connectivity index (χ3v) is 2.21. The van der Waals surface area contributed by atoms with Gasteiger partial charge in [-0.1, -0.05) is 20.8 Å². The van der Waals surface area contributed by atoms with Gasteiger partial charge in [-0.05, 0) is 18.9 Å². The molecule has 0 aliphatic carbocycles. The van der Waals surface area contributed by atoms with Gasteiger partial charge in [0.15, 0.2) is 0 Å². The zero-order chi connectivity index (χ0) is 7.11. The molecule has 0 aliphatic heterocycles. The summed E-state index contributed by atoms with van der Waals surface area (Å²) in [4.78, 5) is 0. The first kappa shape index (κ1) is 9.39. The van der Waals surface area contributed by atoms with Crippen molar-refractivity contribution in [1.29, 1.82) is 0 Å². The van der Waals surface area contributed by atoms with Gasteiger partial charge in [-0.15, -0.1) is 8.58 Å². The molecule has 0 spiro atoms. The molecule has 0 aliphatic rings. The molecular weight excluding hydrogens is 129 g/mol. The molecule has 0 heterocycles. The average Bonchev–Trinajstić information content (AvgIpc) is 1.80. The van der Waals surface area contributed by atoms with Crippen molar-refractivity contribution in [2.24, 2.45) is 0 Å². The van der Waals surface area contributed by atoms with Crippen molar-refractivity contribution in [2.75, 3.05) is 18.9 Å². The zero-order valence-electron chi connectivity index (χ0n) is 6.70. The summed E-state index contributed by atoms with van der Waals surface area (Å²) in [6, 6.07) is 0.659. The fourth-order valence-corrected chi connectivity index (χ4v) is 1.30. The van der Waals surface area contributed by atoms with Crippen LogP contribution in [0, 0.1) is 0 Å². The quantitative estimate of drug-likeness (QED) is 0.461. The van der Waals surface area contributed by atoms with E-state index in [-0.39, 0.29) is 0 Å². The minimum Gasteiger partial charge on any atom is -0.314 e. The van der Waals surface area contributed by atoms with Gasteiger partial charge >= 0.3 is 0 Å². The Hall–Kier alpha value is 0.390. The van der Waals surface area contributed by atoms with Crippen molar-refractivity contribution in [3.8, 4) is 0 Å². The predicted octanol–water partition coefficient (Wildman–Crippen LogP) is 1.68. The summed E-state index contributed by atoms with van der Waals surface area (Å²) >= 11 is 0. The van der Waals surface area contributed by atoms with Gasteiger partial charge in [0.25, 0.3) is 0 Å². The van der Waals surface area contributed by atoms with Crippen LogP contribution in [0.1, 0.15) is 20.8 Å². The largest absolute Gasteiger partial charge is 0.314 e. The molecule has 0 radical (unpaired) electrons. The fraction of sp³-hybridized carbons (Fsp3) is 1.00.